The molecule has 0 atom stereocenters. The molecule has 0 saturated heterocycles. The van der Waals surface area contributed by atoms with E-state index in [9.17, 15) is 0 Å². The van der Waals surface area contributed by atoms with E-state index >= 15 is 0 Å². The zero-order valence-corrected chi connectivity index (χ0v) is 18.5. The second kappa shape index (κ2) is 10.9. The highest BCUT2D eigenvalue weighted by Crippen LogP contribution is 2.33. The molecule has 0 bridgehead atoms. The van der Waals surface area contributed by atoms with Crippen LogP contribution in [0.3, 0.4) is 0 Å². The predicted octanol–water partition coefficient (Wildman–Crippen LogP) is 7.74. The molecule has 0 fully saturated rings. The van der Waals surface area contributed by atoms with Crippen molar-refractivity contribution in [3.05, 3.63) is 36.0 Å². The van der Waals surface area contributed by atoms with Gasteiger partial charge < -0.3 is 4.74 Å². The van der Waals surface area contributed by atoms with Gasteiger partial charge in [0.1, 0.15) is 0 Å². The molecule has 0 N–H and O–H groups in total. The lowest BCUT2D eigenvalue weighted by atomic mass is 9.80. The van der Waals surface area contributed by atoms with Gasteiger partial charge in [-0.3, -0.25) is 0 Å². The van der Waals surface area contributed by atoms with Crippen LogP contribution in [0.4, 0.5) is 0 Å². The van der Waals surface area contributed by atoms with Crippen LogP contribution < -0.4 is 0 Å². The van der Waals surface area contributed by atoms with Crippen molar-refractivity contribution in [1.29, 1.82) is 0 Å². The quantitative estimate of drug-likeness (QED) is 0.412. The molecule has 24 heavy (non-hydrogen) atoms. The van der Waals surface area contributed by atoms with E-state index in [4.69, 9.17) is 4.74 Å². The molecule has 0 amide bonds. The second-order valence-electron chi connectivity index (χ2n) is 8.53. The van der Waals surface area contributed by atoms with Crippen molar-refractivity contribution in [2.75, 3.05) is 6.61 Å². The van der Waals surface area contributed by atoms with E-state index in [1.807, 2.05) is 20.8 Å². The Morgan fingerprint density at radius 1 is 1.00 bits per heavy atom. The molecule has 0 unspecified atom stereocenters. The van der Waals surface area contributed by atoms with Gasteiger partial charge in [-0.05, 0) is 55.6 Å². The third-order valence-corrected chi connectivity index (χ3v) is 4.44. The van der Waals surface area contributed by atoms with Gasteiger partial charge in [-0.25, -0.2) is 0 Å². The maximum absolute atomic E-state index is 6.21. The number of rotatable bonds is 8. The summed E-state index contributed by atoms with van der Waals surface area (Å²) in [5.41, 5.74) is 2.47. The van der Waals surface area contributed by atoms with Crippen molar-refractivity contribution in [2.24, 2.45) is 10.8 Å². The Labute approximate surface area is 153 Å². The van der Waals surface area contributed by atoms with Gasteiger partial charge in [0.05, 0.1) is 5.60 Å². The molecular weight excluding hydrogens is 292 g/mol. The molecule has 0 heterocycles. The fourth-order valence-corrected chi connectivity index (χ4v) is 1.91. The fraction of sp³-hybridized carbons (Fsp3) is 0.739. The van der Waals surface area contributed by atoms with Gasteiger partial charge in [0.25, 0.3) is 0 Å². The Balaban J connectivity index is 0. The Hall–Kier alpha value is -0.820. The Bertz CT molecular complexity index is 414. The summed E-state index contributed by atoms with van der Waals surface area (Å²) in [6, 6.07) is 0. The van der Waals surface area contributed by atoms with E-state index < -0.39 is 0 Å². The molecule has 0 aromatic rings. The van der Waals surface area contributed by atoms with Crippen molar-refractivity contribution < 1.29 is 4.74 Å². The van der Waals surface area contributed by atoms with Crippen molar-refractivity contribution in [2.45, 2.75) is 94.6 Å². The van der Waals surface area contributed by atoms with Crippen LogP contribution in [-0.4, -0.2) is 12.2 Å². The van der Waals surface area contributed by atoms with Crippen molar-refractivity contribution in [3.63, 3.8) is 0 Å². The molecule has 0 aliphatic rings. The molecule has 142 valence electrons. The molecule has 0 radical (unpaired) electrons. The third-order valence-electron chi connectivity index (χ3n) is 4.44. The summed E-state index contributed by atoms with van der Waals surface area (Å²) in [4.78, 5) is 0. The summed E-state index contributed by atoms with van der Waals surface area (Å²) < 4.78 is 6.21. The minimum absolute atomic E-state index is 0.119. The summed E-state index contributed by atoms with van der Waals surface area (Å²) in [5.74, 6) is 0. The van der Waals surface area contributed by atoms with Crippen LogP contribution in [0.1, 0.15) is 89.0 Å². The van der Waals surface area contributed by atoms with Crippen molar-refractivity contribution in [3.8, 4) is 0 Å². The smallest absolute Gasteiger partial charge is 0.0875 e. The van der Waals surface area contributed by atoms with Gasteiger partial charge in [0.15, 0.2) is 0 Å². The van der Waals surface area contributed by atoms with Crippen LogP contribution in [0.25, 0.3) is 0 Å². The Morgan fingerprint density at radius 2 is 1.50 bits per heavy atom. The first kappa shape index (κ1) is 25.4. The van der Waals surface area contributed by atoms with Gasteiger partial charge in [0, 0.05) is 6.61 Å². The lowest BCUT2D eigenvalue weighted by molar-refractivity contribution is 0.000874. The number of hydrogen-bond acceptors (Lipinski definition) is 1. The summed E-state index contributed by atoms with van der Waals surface area (Å²) >= 11 is 0. The summed E-state index contributed by atoms with van der Waals surface area (Å²) in [6.45, 7) is 28.8. The molecule has 0 aromatic carbocycles. The van der Waals surface area contributed by atoms with E-state index in [0.717, 1.165) is 25.0 Å². The molecule has 0 aromatic heterocycles. The minimum Gasteiger partial charge on any atom is -0.371 e. The predicted molar refractivity (Wildman–Crippen MR) is 112 cm³/mol. The highest BCUT2D eigenvalue weighted by Gasteiger charge is 2.25. The third kappa shape index (κ3) is 10.1. The normalized spacial score (nSPS) is 13.7. The molecule has 0 spiro atoms. The first-order valence-corrected chi connectivity index (χ1v) is 9.54. The van der Waals surface area contributed by atoms with Gasteiger partial charge in [0.2, 0.25) is 0 Å². The molecule has 1 nitrogen and oxygen atoms in total. The molecule has 0 rings (SSSR count). The lowest BCUT2D eigenvalue weighted by Gasteiger charge is -2.31. The molecule has 0 aliphatic carbocycles. The highest BCUT2D eigenvalue weighted by molar-refractivity contribution is 5.36. The van der Waals surface area contributed by atoms with E-state index in [-0.39, 0.29) is 11.0 Å². The first-order valence-electron chi connectivity index (χ1n) is 9.54. The molecule has 0 aliphatic heterocycles. The van der Waals surface area contributed by atoms with Crippen LogP contribution in [-0.2, 0) is 4.74 Å². The monoisotopic (exact) mass is 336 g/mol. The van der Waals surface area contributed by atoms with Gasteiger partial charge in [-0.1, -0.05) is 80.2 Å². The van der Waals surface area contributed by atoms with E-state index in [0.29, 0.717) is 5.41 Å². The average Bonchev–Trinajstić information content (AvgIpc) is 2.47. The first-order chi connectivity index (χ1) is 10.9. The standard InChI is InChI=1S/C21H38O.C2H6/c1-11-13-18(16-17(3)20(7,8)12-2)21(9,10)22-15-14-19(4,5)6;1-2/h11,13,16H,3,12,14-15H2,1-2,4-10H3;1-2H3/b13-11-,18-16+;. The zero-order chi connectivity index (χ0) is 19.6. The van der Waals surface area contributed by atoms with Gasteiger partial charge >= 0.3 is 0 Å². The van der Waals surface area contributed by atoms with Gasteiger partial charge in [-0.2, -0.15) is 0 Å². The van der Waals surface area contributed by atoms with E-state index in [2.05, 4.69) is 80.2 Å². The van der Waals surface area contributed by atoms with Crippen LogP contribution in [0.5, 0.6) is 0 Å². The average molecular weight is 337 g/mol. The molecule has 0 saturated carbocycles. The van der Waals surface area contributed by atoms with Crippen LogP contribution >= 0.6 is 0 Å². The second-order valence-corrected chi connectivity index (χ2v) is 8.53. The number of ether oxygens (including phenoxy) is 1. The summed E-state index contributed by atoms with van der Waals surface area (Å²) in [5, 5.41) is 0. The topological polar surface area (TPSA) is 9.23 Å². The minimum atomic E-state index is -0.301. The molecular formula is C23H44O. The Kier molecular flexibility index (Phi) is 11.6. The zero-order valence-electron chi connectivity index (χ0n) is 18.5. The lowest BCUT2D eigenvalue weighted by Crippen LogP contribution is -2.29. The fourth-order valence-electron chi connectivity index (χ4n) is 1.91. The Morgan fingerprint density at radius 3 is 1.88 bits per heavy atom. The SMILES string of the molecule is C=C(/C=C(\C=C/C)C(C)(C)OCCC(C)(C)C)C(C)(C)CC.CC. The number of allylic oxidation sites excluding steroid dienone is 3. The van der Waals surface area contributed by atoms with E-state index in [1.54, 1.807) is 0 Å². The largest absolute Gasteiger partial charge is 0.371 e. The maximum Gasteiger partial charge on any atom is 0.0875 e. The summed E-state index contributed by atoms with van der Waals surface area (Å²) in [7, 11) is 0. The van der Waals surface area contributed by atoms with Crippen molar-refractivity contribution >= 4 is 0 Å². The van der Waals surface area contributed by atoms with Crippen LogP contribution in [0.2, 0.25) is 0 Å². The van der Waals surface area contributed by atoms with E-state index in [1.165, 1.54) is 5.57 Å². The van der Waals surface area contributed by atoms with Crippen LogP contribution in [0, 0.1) is 10.8 Å². The van der Waals surface area contributed by atoms with Gasteiger partial charge in [-0.15, -0.1) is 0 Å². The summed E-state index contributed by atoms with van der Waals surface area (Å²) in [6.07, 6.45) is 8.57. The highest BCUT2D eigenvalue weighted by atomic mass is 16.5. The van der Waals surface area contributed by atoms with Crippen LogP contribution in [0.15, 0.2) is 36.0 Å². The molecule has 1 heteroatoms. The maximum atomic E-state index is 6.21. The van der Waals surface area contributed by atoms with Crippen molar-refractivity contribution in [1.82, 2.24) is 0 Å². The number of hydrogen-bond donors (Lipinski definition) is 0.